The molecule has 98 valence electrons. The summed E-state index contributed by atoms with van der Waals surface area (Å²) in [7, 11) is 0. The third-order valence-corrected chi connectivity index (χ3v) is 3.77. The maximum absolute atomic E-state index is 11.3. The number of aromatic nitrogens is 1. The van der Waals surface area contributed by atoms with Gasteiger partial charge < -0.3 is 10.1 Å². The third kappa shape index (κ3) is 2.61. The lowest BCUT2D eigenvalue weighted by Crippen LogP contribution is -2.16. The van der Waals surface area contributed by atoms with Gasteiger partial charge in [-0.1, -0.05) is 40.9 Å². The standard InChI is InChI=1S/C12H6Cl3NO3/c13-8-2-1-6(9(14)10(8)15)5-3-7(12(18)19)11(17)16-4-5/h1-4H,(H,16,17)(H,18,19). The van der Waals surface area contributed by atoms with E-state index >= 15 is 0 Å². The molecule has 19 heavy (non-hydrogen) atoms. The molecule has 1 aromatic carbocycles. The zero-order chi connectivity index (χ0) is 14.2. The van der Waals surface area contributed by atoms with Gasteiger partial charge in [0.2, 0.25) is 0 Å². The monoisotopic (exact) mass is 317 g/mol. The molecule has 0 spiro atoms. The van der Waals surface area contributed by atoms with E-state index in [2.05, 4.69) is 4.98 Å². The van der Waals surface area contributed by atoms with Crippen molar-refractivity contribution < 1.29 is 9.90 Å². The fourth-order valence-corrected chi connectivity index (χ4v) is 2.19. The Balaban J connectivity index is 2.67. The van der Waals surface area contributed by atoms with Gasteiger partial charge in [-0.05, 0) is 12.1 Å². The Labute approximate surface area is 122 Å². The first-order valence-corrected chi connectivity index (χ1v) is 6.15. The maximum atomic E-state index is 11.3. The number of pyridine rings is 1. The number of hydrogen-bond donors (Lipinski definition) is 2. The van der Waals surface area contributed by atoms with Gasteiger partial charge in [0.25, 0.3) is 5.56 Å². The van der Waals surface area contributed by atoms with Crippen LogP contribution in [-0.4, -0.2) is 16.1 Å². The predicted molar refractivity (Wildman–Crippen MR) is 74.5 cm³/mol. The molecule has 0 aliphatic carbocycles. The van der Waals surface area contributed by atoms with Crippen molar-refractivity contribution in [1.29, 1.82) is 0 Å². The number of H-pyrrole nitrogens is 1. The van der Waals surface area contributed by atoms with Crippen molar-refractivity contribution in [3.63, 3.8) is 0 Å². The van der Waals surface area contributed by atoms with Gasteiger partial charge in [0.15, 0.2) is 0 Å². The number of hydrogen-bond acceptors (Lipinski definition) is 2. The minimum Gasteiger partial charge on any atom is -0.477 e. The van der Waals surface area contributed by atoms with Crippen molar-refractivity contribution in [3.8, 4) is 11.1 Å². The zero-order valence-electron chi connectivity index (χ0n) is 9.21. The minimum atomic E-state index is -1.32. The number of halogens is 3. The van der Waals surface area contributed by atoms with E-state index in [1.807, 2.05) is 0 Å². The van der Waals surface area contributed by atoms with Gasteiger partial charge in [0.05, 0.1) is 15.1 Å². The average molecular weight is 319 g/mol. The summed E-state index contributed by atoms with van der Waals surface area (Å²) in [6.07, 6.45) is 1.36. The number of carbonyl (C=O) groups is 1. The summed E-state index contributed by atoms with van der Waals surface area (Å²) >= 11 is 17.8. The lowest BCUT2D eigenvalue weighted by Gasteiger charge is -2.07. The summed E-state index contributed by atoms with van der Waals surface area (Å²) in [6.45, 7) is 0. The average Bonchev–Trinajstić information content (AvgIpc) is 2.37. The highest BCUT2D eigenvalue weighted by atomic mass is 35.5. The van der Waals surface area contributed by atoms with Crippen LogP contribution in [0, 0.1) is 0 Å². The van der Waals surface area contributed by atoms with E-state index in [0.717, 1.165) is 0 Å². The van der Waals surface area contributed by atoms with Gasteiger partial charge >= 0.3 is 5.97 Å². The second-order valence-electron chi connectivity index (χ2n) is 3.66. The molecule has 0 aliphatic heterocycles. The predicted octanol–water partition coefficient (Wildman–Crippen LogP) is 3.70. The molecule has 0 atom stereocenters. The highest BCUT2D eigenvalue weighted by Gasteiger charge is 2.14. The number of rotatable bonds is 2. The molecule has 4 nitrogen and oxygen atoms in total. The van der Waals surface area contributed by atoms with Crippen molar-refractivity contribution in [2.24, 2.45) is 0 Å². The van der Waals surface area contributed by atoms with E-state index < -0.39 is 11.5 Å². The lowest BCUT2D eigenvalue weighted by molar-refractivity contribution is 0.0695. The van der Waals surface area contributed by atoms with Crippen molar-refractivity contribution in [1.82, 2.24) is 4.98 Å². The summed E-state index contributed by atoms with van der Waals surface area (Å²) in [5.74, 6) is -1.32. The molecule has 1 heterocycles. The quantitative estimate of drug-likeness (QED) is 0.829. The molecule has 0 bridgehead atoms. The number of benzene rings is 1. The van der Waals surface area contributed by atoms with Gasteiger partial charge in [-0.25, -0.2) is 4.79 Å². The van der Waals surface area contributed by atoms with Crippen molar-refractivity contribution in [2.75, 3.05) is 0 Å². The highest BCUT2D eigenvalue weighted by Crippen LogP contribution is 2.37. The molecular formula is C12H6Cl3NO3. The molecule has 0 radical (unpaired) electrons. The molecule has 0 saturated carbocycles. The fraction of sp³-hybridized carbons (Fsp3) is 0. The second-order valence-corrected chi connectivity index (χ2v) is 4.82. The van der Waals surface area contributed by atoms with Crippen LogP contribution in [0.15, 0.2) is 29.2 Å². The SMILES string of the molecule is O=C(O)c1cc(-c2ccc(Cl)c(Cl)c2Cl)c[nH]c1=O. The van der Waals surface area contributed by atoms with Crippen LogP contribution >= 0.6 is 34.8 Å². The Morgan fingerprint density at radius 1 is 1.16 bits per heavy atom. The van der Waals surface area contributed by atoms with E-state index in [9.17, 15) is 9.59 Å². The first-order valence-electron chi connectivity index (χ1n) is 5.01. The molecule has 0 fully saturated rings. The topological polar surface area (TPSA) is 70.2 Å². The Morgan fingerprint density at radius 2 is 1.84 bits per heavy atom. The Bertz CT molecular complexity index is 725. The Hall–Kier alpha value is -1.49. The molecule has 0 aliphatic rings. The summed E-state index contributed by atoms with van der Waals surface area (Å²) in [6, 6.07) is 4.36. The first-order chi connectivity index (χ1) is 8.91. The van der Waals surface area contributed by atoms with Crippen molar-refractivity contribution in [2.45, 2.75) is 0 Å². The van der Waals surface area contributed by atoms with E-state index in [1.54, 1.807) is 6.07 Å². The summed E-state index contributed by atoms with van der Waals surface area (Å²) in [4.78, 5) is 24.6. The zero-order valence-corrected chi connectivity index (χ0v) is 11.5. The Kier molecular flexibility index (Phi) is 3.85. The van der Waals surface area contributed by atoms with E-state index in [0.29, 0.717) is 16.1 Å². The molecular weight excluding hydrogens is 312 g/mol. The molecule has 2 N–H and O–H groups in total. The van der Waals surface area contributed by atoms with Crippen LogP contribution in [0.25, 0.3) is 11.1 Å². The summed E-state index contributed by atoms with van der Waals surface area (Å²) in [5.41, 5.74) is -0.151. The maximum Gasteiger partial charge on any atom is 0.341 e. The Morgan fingerprint density at radius 3 is 2.47 bits per heavy atom. The van der Waals surface area contributed by atoms with E-state index in [4.69, 9.17) is 39.9 Å². The molecule has 0 amide bonds. The second kappa shape index (κ2) is 5.25. The molecule has 0 unspecified atom stereocenters. The van der Waals surface area contributed by atoms with E-state index in [-0.39, 0.29) is 15.6 Å². The van der Waals surface area contributed by atoms with Crippen molar-refractivity contribution in [3.05, 3.63) is 55.4 Å². The van der Waals surface area contributed by atoms with Crippen LogP contribution in [0.2, 0.25) is 15.1 Å². The molecule has 2 aromatic rings. The normalized spacial score (nSPS) is 10.5. The van der Waals surface area contributed by atoms with Crippen LogP contribution in [0.5, 0.6) is 0 Å². The van der Waals surface area contributed by atoms with Crippen molar-refractivity contribution >= 4 is 40.8 Å². The first kappa shape index (κ1) is 13.9. The molecule has 7 heteroatoms. The number of aromatic amines is 1. The molecule has 1 aromatic heterocycles. The lowest BCUT2D eigenvalue weighted by atomic mass is 10.1. The minimum absolute atomic E-state index is 0.170. The van der Waals surface area contributed by atoms with Crippen LogP contribution in [-0.2, 0) is 0 Å². The van der Waals surface area contributed by atoms with Crippen LogP contribution < -0.4 is 5.56 Å². The molecule has 0 saturated heterocycles. The van der Waals surface area contributed by atoms with Gasteiger partial charge in [0, 0.05) is 17.3 Å². The van der Waals surface area contributed by atoms with Crippen LogP contribution in [0.3, 0.4) is 0 Å². The van der Waals surface area contributed by atoms with Gasteiger partial charge in [-0.3, -0.25) is 4.79 Å². The summed E-state index contributed by atoms with van der Waals surface area (Å²) in [5, 5.41) is 9.56. The largest absolute Gasteiger partial charge is 0.477 e. The number of carboxylic acid groups (broad SMARTS) is 1. The highest BCUT2D eigenvalue weighted by molar-refractivity contribution is 6.49. The number of aromatic carboxylic acids is 1. The van der Waals surface area contributed by atoms with Crippen LogP contribution in [0.4, 0.5) is 0 Å². The number of carboxylic acids is 1. The third-order valence-electron chi connectivity index (χ3n) is 2.48. The molecule has 2 rings (SSSR count). The smallest absolute Gasteiger partial charge is 0.341 e. The number of nitrogens with one attached hydrogen (secondary N) is 1. The summed E-state index contributed by atoms with van der Waals surface area (Å²) < 4.78 is 0. The fourth-order valence-electron chi connectivity index (χ4n) is 1.55. The van der Waals surface area contributed by atoms with E-state index in [1.165, 1.54) is 18.3 Å². The van der Waals surface area contributed by atoms with Gasteiger partial charge in [-0.2, -0.15) is 0 Å². The van der Waals surface area contributed by atoms with Gasteiger partial charge in [-0.15, -0.1) is 0 Å². The van der Waals surface area contributed by atoms with Gasteiger partial charge in [0.1, 0.15) is 5.56 Å². The van der Waals surface area contributed by atoms with Crippen LogP contribution in [0.1, 0.15) is 10.4 Å².